The third kappa shape index (κ3) is 5.45. The number of halogens is 3. The number of anilines is 1. The quantitative estimate of drug-likeness (QED) is 0.241. The van der Waals surface area contributed by atoms with Crippen LogP contribution in [-0.2, 0) is 30.4 Å². The summed E-state index contributed by atoms with van der Waals surface area (Å²) in [6, 6.07) is 25.4. The maximum absolute atomic E-state index is 13.5. The highest BCUT2D eigenvalue weighted by atomic mass is 19.4. The van der Waals surface area contributed by atoms with Crippen molar-refractivity contribution in [2.24, 2.45) is 0 Å². The van der Waals surface area contributed by atoms with Gasteiger partial charge < -0.3 is 15.2 Å². The molecule has 1 aromatic heterocycles. The van der Waals surface area contributed by atoms with Gasteiger partial charge in [0.05, 0.1) is 12.0 Å². The number of aromatic nitrogens is 1. The number of para-hydroxylation sites is 1. The van der Waals surface area contributed by atoms with E-state index in [1.165, 1.54) is 6.07 Å². The number of hydrogen-bond donors (Lipinski definition) is 2. The molecule has 0 bridgehead atoms. The summed E-state index contributed by atoms with van der Waals surface area (Å²) in [5, 5.41) is 3.82. The van der Waals surface area contributed by atoms with Crippen LogP contribution in [0, 0.1) is 0 Å². The first-order valence-electron chi connectivity index (χ1n) is 13.3. The third-order valence-corrected chi connectivity index (χ3v) is 7.52. The summed E-state index contributed by atoms with van der Waals surface area (Å²) in [5.74, 6) is -0.586. The highest BCUT2D eigenvalue weighted by Gasteiger charge is 2.32. The second-order valence-corrected chi connectivity index (χ2v) is 10.2. The molecule has 0 fully saturated rings. The molecular weight excluding hydrogens is 527 g/mol. The van der Waals surface area contributed by atoms with Crippen molar-refractivity contribution < 1.29 is 22.8 Å². The molecule has 41 heavy (non-hydrogen) atoms. The van der Waals surface area contributed by atoms with Gasteiger partial charge in [0.15, 0.2) is 0 Å². The van der Waals surface area contributed by atoms with Crippen LogP contribution in [0.3, 0.4) is 0 Å². The van der Waals surface area contributed by atoms with E-state index in [9.17, 15) is 22.8 Å². The van der Waals surface area contributed by atoms with E-state index in [4.69, 9.17) is 0 Å². The highest BCUT2D eigenvalue weighted by Crippen LogP contribution is 2.34. The number of nitrogens with one attached hydrogen (secondary N) is 2. The van der Waals surface area contributed by atoms with Crippen LogP contribution in [0.2, 0.25) is 0 Å². The van der Waals surface area contributed by atoms with Crippen LogP contribution >= 0.6 is 0 Å². The fourth-order valence-corrected chi connectivity index (χ4v) is 5.37. The molecule has 0 unspecified atom stereocenters. The molecule has 5 aromatic rings. The van der Waals surface area contributed by atoms with Crippen molar-refractivity contribution in [3.05, 3.63) is 125 Å². The first-order chi connectivity index (χ1) is 19.8. The number of amides is 2. The number of aromatic amines is 1. The zero-order valence-electron chi connectivity index (χ0n) is 22.0. The lowest BCUT2D eigenvalue weighted by Crippen LogP contribution is -2.36. The Bertz CT molecular complexity index is 1760. The Balaban J connectivity index is 1.19. The molecule has 0 spiro atoms. The lowest BCUT2D eigenvalue weighted by molar-refractivity contribution is -0.137. The zero-order valence-corrected chi connectivity index (χ0v) is 22.0. The average Bonchev–Trinajstić information content (AvgIpc) is 3.39. The van der Waals surface area contributed by atoms with Gasteiger partial charge in [0.25, 0.3) is 5.91 Å². The Morgan fingerprint density at radius 3 is 2.46 bits per heavy atom. The van der Waals surface area contributed by atoms with E-state index in [2.05, 4.69) is 10.3 Å². The minimum atomic E-state index is -4.58. The molecule has 206 valence electrons. The second-order valence-electron chi connectivity index (χ2n) is 10.2. The molecule has 1 aliphatic heterocycles. The van der Waals surface area contributed by atoms with Gasteiger partial charge in [-0.2, -0.15) is 13.2 Å². The molecule has 4 aromatic carbocycles. The number of H-pyrrole nitrogens is 1. The molecule has 0 atom stereocenters. The van der Waals surface area contributed by atoms with Gasteiger partial charge in [0, 0.05) is 41.4 Å². The predicted molar refractivity (Wildman–Crippen MR) is 152 cm³/mol. The summed E-state index contributed by atoms with van der Waals surface area (Å²) >= 11 is 0. The predicted octanol–water partition coefficient (Wildman–Crippen LogP) is 7.23. The smallest absolute Gasteiger partial charge is 0.361 e. The van der Waals surface area contributed by atoms with E-state index in [-0.39, 0.29) is 11.5 Å². The zero-order chi connectivity index (χ0) is 28.6. The normalized spacial score (nSPS) is 13.2. The van der Waals surface area contributed by atoms with Crippen molar-refractivity contribution >= 4 is 28.4 Å². The van der Waals surface area contributed by atoms with Crippen LogP contribution in [0.4, 0.5) is 18.9 Å². The summed E-state index contributed by atoms with van der Waals surface area (Å²) < 4.78 is 40.4. The van der Waals surface area contributed by atoms with Crippen molar-refractivity contribution in [2.45, 2.75) is 25.6 Å². The van der Waals surface area contributed by atoms with Crippen LogP contribution < -0.4 is 5.32 Å². The number of fused-ring (bicyclic) bond motifs is 2. The van der Waals surface area contributed by atoms with E-state index >= 15 is 0 Å². The average molecular weight is 554 g/mol. The van der Waals surface area contributed by atoms with E-state index in [0.717, 1.165) is 39.7 Å². The van der Waals surface area contributed by atoms with Gasteiger partial charge in [-0.3, -0.25) is 9.59 Å². The Hall–Kier alpha value is -4.85. The summed E-state index contributed by atoms with van der Waals surface area (Å²) in [5.41, 5.74) is 4.53. The van der Waals surface area contributed by atoms with E-state index in [0.29, 0.717) is 42.7 Å². The van der Waals surface area contributed by atoms with Gasteiger partial charge in [-0.15, -0.1) is 0 Å². The van der Waals surface area contributed by atoms with Crippen molar-refractivity contribution in [3.63, 3.8) is 0 Å². The number of carbonyl (C=O) groups is 2. The second kappa shape index (κ2) is 10.6. The maximum atomic E-state index is 13.5. The van der Waals surface area contributed by atoms with E-state index < -0.39 is 17.6 Å². The summed E-state index contributed by atoms with van der Waals surface area (Å²) in [6.07, 6.45) is -1.79. The van der Waals surface area contributed by atoms with Crippen LogP contribution in [0.1, 0.15) is 32.6 Å². The molecule has 6 rings (SSSR count). The SMILES string of the molecule is O=C(Nc1ccc2c(c1)CCN(C(=O)Cc1c[nH]c3ccccc13)C2)c1cc(C(F)(F)F)ccc1-c1ccccc1. The summed E-state index contributed by atoms with van der Waals surface area (Å²) in [4.78, 5) is 31.5. The van der Waals surface area contributed by atoms with Crippen molar-refractivity contribution in [3.8, 4) is 11.1 Å². The number of alkyl halides is 3. The molecule has 0 radical (unpaired) electrons. The van der Waals surface area contributed by atoms with Crippen LogP contribution in [0.5, 0.6) is 0 Å². The molecule has 2 heterocycles. The van der Waals surface area contributed by atoms with Crippen LogP contribution in [-0.4, -0.2) is 28.2 Å². The fourth-order valence-electron chi connectivity index (χ4n) is 5.37. The van der Waals surface area contributed by atoms with Gasteiger partial charge in [-0.05, 0) is 64.6 Å². The minimum absolute atomic E-state index is 0.0378. The van der Waals surface area contributed by atoms with Crippen LogP contribution in [0.15, 0.2) is 97.2 Å². The largest absolute Gasteiger partial charge is 0.416 e. The monoisotopic (exact) mass is 553 g/mol. The van der Waals surface area contributed by atoms with Crippen molar-refractivity contribution in [1.29, 1.82) is 0 Å². The topological polar surface area (TPSA) is 65.2 Å². The molecule has 0 aliphatic carbocycles. The molecule has 8 heteroatoms. The third-order valence-electron chi connectivity index (χ3n) is 7.52. The number of nitrogens with zero attached hydrogens (tertiary/aromatic N) is 1. The number of rotatable bonds is 5. The van der Waals surface area contributed by atoms with Crippen LogP contribution in [0.25, 0.3) is 22.0 Å². The number of carbonyl (C=O) groups excluding carboxylic acids is 2. The van der Waals surface area contributed by atoms with Gasteiger partial charge in [-0.25, -0.2) is 0 Å². The highest BCUT2D eigenvalue weighted by molar-refractivity contribution is 6.09. The molecule has 2 amide bonds. The number of benzene rings is 4. The standard InChI is InChI=1S/C33H26F3N3O2/c34-33(35,36)25-11-13-27(21-6-2-1-3-7-21)29(18-25)32(41)38-26-12-10-23-20-39(15-14-22(23)16-26)31(40)17-24-19-37-30-9-5-4-8-28(24)30/h1-13,16,18-19,37H,14-15,17,20H2,(H,38,41). The molecule has 2 N–H and O–H groups in total. The van der Waals surface area contributed by atoms with Crippen molar-refractivity contribution in [1.82, 2.24) is 9.88 Å². The molecule has 0 saturated heterocycles. The molecule has 1 aliphatic rings. The fraction of sp³-hybridized carbons (Fsp3) is 0.152. The summed E-state index contributed by atoms with van der Waals surface area (Å²) in [7, 11) is 0. The Morgan fingerprint density at radius 2 is 1.66 bits per heavy atom. The van der Waals surface area contributed by atoms with Gasteiger partial charge in [0.2, 0.25) is 5.91 Å². The summed E-state index contributed by atoms with van der Waals surface area (Å²) in [6.45, 7) is 0.994. The van der Waals surface area contributed by atoms with Gasteiger partial charge in [0.1, 0.15) is 0 Å². The Labute approximate surface area is 234 Å². The van der Waals surface area contributed by atoms with E-state index in [1.54, 1.807) is 36.4 Å². The van der Waals surface area contributed by atoms with Gasteiger partial charge >= 0.3 is 6.18 Å². The Kier molecular flexibility index (Phi) is 6.83. The first-order valence-corrected chi connectivity index (χ1v) is 13.3. The molecular formula is C33H26F3N3O2. The first kappa shape index (κ1) is 26.4. The van der Waals surface area contributed by atoms with Gasteiger partial charge in [-0.1, -0.05) is 60.7 Å². The van der Waals surface area contributed by atoms with E-state index in [1.807, 2.05) is 47.5 Å². The molecule has 5 nitrogen and oxygen atoms in total. The maximum Gasteiger partial charge on any atom is 0.416 e. The minimum Gasteiger partial charge on any atom is -0.361 e. The Morgan fingerprint density at radius 1 is 0.878 bits per heavy atom. The van der Waals surface area contributed by atoms with Crippen molar-refractivity contribution in [2.75, 3.05) is 11.9 Å². The number of hydrogen-bond acceptors (Lipinski definition) is 2. The lowest BCUT2D eigenvalue weighted by Gasteiger charge is -2.29. The lowest BCUT2D eigenvalue weighted by atomic mass is 9.96. The molecule has 0 saturated carbocycles.